The molecule has 0 unspecified atom stereocenters. The van der Waals surface area contributed by atoms with Crippen LogP contribution in [0.1, 0.15) is 39.2 Å². The first kappa shape index (κ1) is 14.6. The van der Waals surface area contributed by atoms with Gasteiger partial charge in [0.1, 0.15) is 5.82 Å². The van der Waals surface area contributed by atoms with Gasteiger partial charge in [0, 0.05) is 19.0 Å². The standard InChI is InChI=1S/C16H23ClFN/c1-16(2,3)13-6-8-19(9-7-13)15-5-4-12(11-17)10-14(15)18/h4-5,10,13H,6-9,11H2,1-3H3. The molecule has 2 rings (SSSR count). The summed E-state index contributed by atoms with van der Waals surface area (Å²) in [4.78, 5) is 2.16. The van der Waals surface area contributed by atoms with Crippen LogP contribution < -0.4 is 4.90 Å². The van der Waals surface area contributed by atoms with Gasteiger partial charge in [-0.25, -0.2) is 4.39 Å². The molecule has 1 heterocycles. The molecule has 1 saturated heterocycles. The Balaban J connectivity index is 2.06. The fourth-order valence-electron chi connectivity index (χ4n) is 2.88. The summed E-state index contributed by atoms with van der Waals surface area (Å²) >= 11 is 5.73. The lowest BCUT2D eigenvalue weighted by atomic mass is 9.75. The molecule has 0 N–H and O–H groups in total. The summed E-state index contributed by atoms with van der Waals surface area (Å²) in [7, 11) is 0. The molecule has 0 aromatic heterocycles. The van der Waals surface area contributed by atoms with E-state index in [1.807, 2.05) is 12.1 Å². The quantitative estimate of drug-likeness (QED) is 0.703. The Kier molecular flexibility index (Phi) is 4.39. The Morgan fingerprint density at radius 2 is 1.89 bits per heavy atom. The maximum atomic E-state index is 14.1. The van der Waals surface area contributed by atoms with Crippen molar-refractivity contribution in [3.63, 3.8) is 0 Å². The lowest BCUT2D eigenvalue weighted by Crippen LogP contribution is -2.38. The van der Waals surface area contributed by atoms with Crippen LogP contribution in [0.25, 0.3) is 0 Å². The van der Waals surface area contributed by atoms with E-state index in [1.165, 1.54) is 0 Å². The monoisotopic (exact) mass is 283 g/mol. The molecular weight excluding hydrogens is 261 g/mol. The third-order valence-corrected chi connectivity index (χ3v) is 4.54. The summed E-state index contributed by atoms with van der Waals surface area (Å²) in [6.45, 7) is 8.77. The molecule has 0 atom stereocenters. The van der Waals surface area contributed by atoms with Gasteiger partial charge in [0.2, 0.25) is 0 Å². The Labute approximate surface area is 120 Å². The number of hydrogen-bond donors (Lipinski definition) is 0. The first-order chi connectivity index (χ1) is 8.91. The highest BCUT2D eigenvalue weighted by molar-refractivity contribution is 6.17. The Bertz CT molecular complexity index is 431. The first-order valence-corrected chi connectivity index (χ1v) is 7.54. The van der Waals surface area contributed by atoms with Crippen LogP contribution in [0.2, 0.25) is 0 Å². The van der Waals surface area contributed by atoms with Gasteiger partial charge < -0.3 is 4.90 Å². The van der Waals surface area contributed by atoms with Gasteiger partial charge in [-0.05, 0) is 41.9 Å². The Hall–Kier alpha value is -0.760. The molecular formula is C16H23ClFN. The number of hydrogen-bond acceptors (Lipinski definition) is 1. The van der Waals surface area contributed by atoms with Crippen LogP contribution in [0, 0.1) is 17.2 Å². The highest BCUT2D eigenvalue weighted by Crippen LogP contribution is 2.36. The van der Waals surface area contributed by atoms with E-state index in [2.05, 4.69) is 25.7 Å². The van der Waals surface area contributed by atoms with Crippen LogP contribution >= 0.6 is 11.6 Å². The normalized spacial score (nSPS) is 17.8. The number of benzene rings is 1. The molecule has 3 heteroatoms. The average molecular weight is 284 g/mol. The first-order valence-electron chi connectivity index (χ1n) is 7.01. The molecule has 1 aliphatic heterocycles. The van der Waals surface area contributed by atoms with Gasteiger partial charge in [-0.2, -0.15) is 0 Å². The summed E-state index contributed by atoms with van der Waals surface area (Å²) in [5.74, 6) is 0.949. The van der Waals surface area contributed by atoms with Gasteiger partial charge in [0.15, 0.2) is 0 Å². The van der Waals surface area contributed by atoms with Crippen molar-refractivity contribution in [3.05, 3.63) is 29.6 Å². The van der Waals surface area contributed by atoms with Gasteiger partial charge >= 0.3 is 0 Å². The van der Waals surface area contributed by atoms with E-state index in [4.69, 9.17) is 11.6 Å². The summed E-state index contributed by atoms with van der Waals surface area (Å²) in [5, 5.41) is 0. The van der Waals surface area contributed by atoms with E-state index in [0.29, 0.717) is 11.3 Å². The minimum absolute atomic E-state index is 0.146. The largest absolute Gasteiger partial charge is 0.369 e. The predicted molar refractivity (Wildman–Crippen MR) is 80.3 cm³/mol. The minimum Gasteiger partial charge on any atom is -0.369 e. The van der Waals surface area contributed by atoms with Gasteiger partial charge in [0.05, 0.1) is 5.69 Å². The van der Waals surface area contributed by atoms with E-state index in [9.17, 15) is 4.39 Å². The molecule has 1 nitrogen and oxygen atoms in total. The van der Waals surface area contributed by atoms with Crippen LogP contribution in [-0.2, 0) is 5.88 Å². The van der Waals surface area contributed by atoms with E-state index in [0.717, 1.165) is 43.1 Å². The van der Waals surface area contributed by atoms with Crippen molar-refractivity contribution in [3.8, 4) is 0 Å². The van der Waals surface area contributed by atoms with E-state index < -0.39 is 0 Å². The molecule has 0 aliphatic carbocycles. The number of rotatable bonds is 2. The third kappa shape index (κ3) is 3.42. The number of nitrogens with zero attached hydrogens (tertiary/aromatic N) is 1. The molecule has 106 valence electrons. The number of anilines is 1. The molecule has 19 heavy (non-hydrogen) atoms. The van der Waals surface area contributed by atoms with Gasteiger partial charge in [-0.3, -0.25) is 0 Å². The highest BCUT2D eigenvalue weighted by Gasteiger charge is 2.29. The second kappa shape index (κ2) is 5.70. The van der Waals surface area contributed by atoms with Crippen molar-refractivity contribution in [2.75, 3.05) is 18.0 Å². The Morgan fingerprint density at radius 1 is 1.26 bits per heavy atom. The van der Waals surface area contributed by atoms with Crippen molar-refractivity contribution >= 4 is 17.3 Å². The second-order valence-electron chi connectivity index (χ2n) is 6.55. The summed E-state index contributed by atoms with van der Waals surface area (Å²) in [5.41, 5.74) is 1.92. The number of alkyl halides is 1. The van der Waals surface area contributed by atoms with Gasteiger partial charge in [-0.1, -0.05) is 26.8 Å². The zero-order valence-electron chi connectivity index (χ0n) is 12.0. The smallest absolute Gasteiger partial charge is 0.146 e. The van der Waals surface area contributed by atoms with Crippen molar-refractivity contribution in [2.24, 2.45) is 11.3 Å². The van der Waals surface area contributed by atoms with Crippen LogP contribution in [-0.4, -0.2) is 13.1 Å². The molecule has 0 bridgehead atoms. The van der Waals surface area contributed by atoms with Crippen LogP contribution in [0.15, 0.2) is 18.2 Å². The Morgan fingerprint density at radius 3 is 2.37 bits per heavy atom. The average Bonchev–Trinajstić information content (AvgIpc) is 2.37. The second-order valence-corrected chi connectivity index (χ2v) is 6.81. The van der Waals surface area contributed by atoms with Crippen molar-refractivity contribution in [1.29, 1.82) is 0 Å². The van der Waals surface area contributed by atoms with Crippen molar-refractivity contribution in [1.82, 2.24) is 0 Å². The predicted octanol–water partition coefficient (Wildman–Crippen LogP) is 4.83. The zero-order chi connectivity index (χ0) is 14.0. The number of piperidine rings is 1. The lowest BCUT2D eigenvalue weighted by Gasteiger charge is -2.39. The molecule has 0 amide bonds. The molecule has 1 aromatic carbocycles. The molecule has 1 fully saturated rings. The molecule has 1 aliphatic rings. The lowest BCUT2D eigenvalue weighted by molar-refractivity contribution is 0.198. The third-order valence-electron chi connectivity index (χ3n) is 4.23. The molecule has 0 spiro atoms. The summed E-state index contributed by atoms with van der Waals surface area (Å²) in [6, 6.07) is 5.34. The maximum absolute atomic E-state index is 14.1. The fraction of sp³-hybridized carbons (Fsp3) is 0.625. The minimum atomic E-state index is -0.146. The van der Waals surface area contributed by atoms with Gasteiger partial charge in [-0.15, -0.1) is 11.6 Å². The van der Waals surface area contributed by atoms with Gasteiger partial charge in [0.25, 0.3) is 0 Å². The van der Waals surface area contributed by atoms with E-state index >= 15 is 0 Å². The van der Waals surface area contributed by atoms with Crippen molar-refractivity contribution < 1.29 is 4.39 Å². The van der Waals surface area contributed by atoms with Crippen LogP contribution in [0.4, 0.5) is 10.1 Å². The van der Waals surface area contributed by atoms with Crippen LogP contribution in [0.3, 0.4) is 0 Å². The van der Waals surface area contributed by atoms with E-state index in [1.54, 1.807) is 6.07 Å². The topological polar surface area (TPSA) is 3.24 Å². The summed E-state index contributed by atoms with van der Waals surface area (Å²) in [6.07, 6.45) is 2.28. The zero-order valence-corrected chi connectivity index (χ0v) is 12.8. The highest BCUT2D eigenvalue weighted by atomic mass is 35.5. The SMILES string of the molecule is CC(C)(C)C1CCN(c2ccc(CCl)cc2F)CC1. The van der Waals surface area contributed by atoms with Crippen molar-refractivity contribution in [2.45, 2.75) is 39.5 Å². The number of halogens is 2. The fourth-order valence-corrected chi connectivity index (χ4v) is 3.04. The molecule has 0 radical (unpaired) electrons. The summed E-state index contributed by atoms with van der Waals surface area (Å²) < 4.78 is 14.1. The van der Waals surface area contributed by atoms with Crippen LogP contribution in [0.5, 0.6) is 0 Å². The molecule has 0 saturated carbocycles. The molecule has 1 aromatic rings. The maximum Gasteiger partial charge on any atom is 0.146 e. The van der Waals surface area contributed by atoms with E-state index in [-0.39, 0.29) is 5.82 Å².